The van der Waals surface area contributed by atoms with E-state index >= 15 is 0 Å². The van der Waals surface area contributed by atoms with Crippen LogP contribution in [0.1, 0.15) is 103 Å². The summed E-state index contributed by atoms with van der Waals surface area (Å²) in [5.41, 5.74) is 25.9. The van der Waals surface area contributed by atoms with Gasteiger partial charge in [0.1, 0.15) is 5.52 Å². The van der Waals surface area contributed by atoms with Gasteiger partial charge < -0.3 is 14.3 Å². The van der Waals surface area contributed by atoms with Crippen molar-refractivity contribution in [2.75, 3.05) is 5.32 Å². The van der Waals surface area contributed by atoms with E-state index in [0.29, 0.717) is 5.89 Å². The van der Waals surface area contributed by atoms with Crippen molar-refractivity contribution < 1.29 is 4.42 Å². The lowest BCUT2D eigenvalue weighted by molar-refractivity contribution is 0.590. The quantitative estimate of drug-likeness (QED) is 0.179. The minimum absolute atomic E-state index is 0.0454. The first kappa shape index (κ1) is 41.1. The molecule has 0 spiro atoms. The SMILES string of the molecule is CC(C)(C)c1ccc(Nc2cc3c(cc2-c2c4c(c5c6cc(C(C)(C)C)ccc6n6c5c2[B]c2cc5nc(-c7ccccc7)oc5cc2-6)-c2ccccc2C4(C)C)C(C)(C)c2ccccc2-3)cc1. The Morgan fingerprint density at radius 1 is 0.588 bits per heavy atom. The van der Waals surface area contributed by atoms with Crippen molar-refractivity contribution in [3.8, 4) is 50.5 Å². The van der Waals surface area contributed by atoms with E-state index in [9.17, 15) is 0 Å². The van der Waals surface area contributed by atoms with E-state index in [1.807, 2.05) is 18.2 Å². The molecule has 0 amide bonds. The number of nitrogens with one attached hydrogen (secondary N) is 1. The first-order valence-corrected chi connectivity index (χ1v) is 24.3. The van der Waals surface area contributed by atoms with Gasteiger partial charge in [-0.3, -0.25) is 0 Å². The van der Waals surface area contributed by atoms with Gasteiger partial charge in [0.2, 0.25) is 5.89 Å². The van der Waals surface area contributed by atoms with Gasteiger partial charge in [0.25, 0.3) is 0 Å². The molecular formula is C63H55BN3O. The van der Waals surface area contributed by atoms with Gasteiger partial charge in [-0.15, -0.1) is 0 Å². The highest BCUT2D eigenvalue weighted by Gasteiger charge is 2.44. The van der Waals surface area contributed by atoms with Gasteiger partial charge in [-0.1, -0.05) is 160 Å². The highest BCUT2D eigenvalue weighted by molar-refractivity contribution is 6.74. The van der Waals surface area contributed by atoms with Crippen molar-refractivity contribution in [2.24, 2.45) is 0 Å². The molecule has 3 heterocycles. The zero-order chi connectivity index (χ0) is 46.8. The number of nitrogens with zero attached hydrogens (tertiary/aromatic N) is 2. The molecule has 2 aliphatic carbocycles. The molecule has 8 aromatic carbocycles. The molecule has 3 aliphatic rings. The van der Waals surface area contributed by atoms with Crippen LogP contribution < -0.4 is 16.2 Å². The van der Waals surface area contributed by atoms with Crippen molar-refractivity contribution in [3.63, 3.8) is 0 Å². The van der Waals surface area contributed by atoms with Gasteiger partial charge in [0, 0.05) is 61.4 Å². The van der Waals surface area contributed by atoms with E-state index in [1.54, 1.807) is 0 Å². The minimum Gasteiger partial charge on any atom is -0.436 e. The summed E-state index contributed by atoms with van der Waals surface area (Å²) >= 11 is 0. The largest absolute Gasteiger partial charge is 0.436 e. The smallest absolute Gasteiger partial charge is 0.227 e. The molecule has 2 aromatic heterocycles. The Morgan fingerprint density at radius 3 is 1.97 bits per heavy atom. The molecule has 0 saturated heterocycles. The van der Waals surface area contributed by atoms with Crippen molar-refractivity contribution in [1.29, 1.82) is 0 Å². The predicted molar refractivity (Wildman–Crippen MR) is 286 cm³/mol. The van der Waals surface area contributed by atoms with E-state index in [-0.39, 0.29) is 21.7 Å². The summed E-state index contributed by atoms with van der Waals surface area (Å²) in [6, 6.07) is 54.2. The van der Waals surface area contributed by atoms with Crippen LogP contribution in [-0.4, -0.2) is 16.8 Å². The number of benzene rings is 8. The van der Waals surface area contributed by atoms with Crippen molar-refractivity contribution in [2.45, 2.75) is 90.9 Å². The molecule has 1 N–H and O–H groups in total. The monoisotopic (exact) mass is 880 g/mol. The van der Waals surface area contributed by atoms with Gasteiger partial charge in [0.15, 0.2) is 12.9 Å². The van der Waals surface area contributed by atoms with Gasteiger partial charge in [0.05, 0.1) is 5.52 Å². The zero-order valence-electron chi connectivity index (χ0n) is 40.7. The highest BCUT2D eigenvalue weighted by Crippen LogP contribution is 2.59. The van der Waals surface area contributed by atoms with Crippen LogP contribution in [0.3, 0.4) is 0 Å². The molecule has 10 aromatic rings. The van der Waals surface area contributed by atoms with Crippen LogP contribution in [0.5, 0.6) is 0 Å². The minimum atomic E-state index is -0.333. The summed E-state index contributed by atoms with van der Waals surface area (Å²) in [7, 11) is 2.47. The number of oxazole rings is 1. The Bertz CT molecular complexity index is 3790. The van der Waals surface area contributed by atoms with Crippen LogP contribution in [0.25, 0.3) is 83.4 Å². The van der Waals surface area contributed by atoms with E-state index in [4.69, 9.17) is 9.40 Å². The third-order valence-electron chi connectivity index (χ3n) is 15.7. The second-order valence-corrected chi connectivity index (χ2v) is 22.7. The maximum Gasteiger partial charge on any atom is 0.227 e. The van der Waals surface area contributed by atoms with Crippen LogP contribution in [0.4, 0.5) is 11.4 Å². The van der Waals surface area contributed by atoms with Gasteiger partial charge >= 0.3 is 0 Å². The lowest BCUT2D eigenvalue weighted by atomic mass is 9.57. The lowest BCUT2D eigenvalue weighted by Gasteiger charge is -2.31. The van der Waals surface area contributed by atoms with Crippen molar-refractivity contribution in [3.05, 3.63) is 179 Å². The molecule has 1 radical (unpaired) electrons. The second kappa shape index (κ2) is 13.8. The number of fused-ring (bicyclic) bond motifs is 13. The van der Waals surface area contributed by atoms with Crippen LogP contribution in [0.15, 0.2) is 150 Å². The Hall–Kier alpha value is -7.11. The second-order valence-electron chi connectivity index (χ2n) is 22.7. The van der Waals surface area contributed by atoms with Crippen LogP contribution >= 0.6 is 0 Å². The lowest BCUT2D eigenvalue weighted by Crippen LogP contribution is -2.38. The first-order chi connectivity index (χ1) is 32.5. The summed E-state index contributed by atoms with van der Waals surface area (Å²) in [5, 5.41) is 6.66. The first-order valence-electron chi connectivity index (χ1n) is 24.3. The van der Waals surface area contributed by atoms with Gasteiger partial charge in [-0.25, -0.2) is 4.98 Å². The van der Waals surface area contributed by atoms with Gasteiger partial charge in [-0.2, -0.15) is 0 Å². The molecule has 13 rings (SSSR count). The van der Waals surface area contributed by atoms with Crippen LogP contribution in [-0.2, 0) is 21.7 Å². The topological polar surface area (TPSA) is 43.0 Å². The molecule has 5 heteroatoms. The molecule has 331 valence electrons. The maximum atomic E-state index is 6.64. The normalized spacial score (nSPS) is 15.0. The Kier molecular flexibility index (Phi) is 8.32. The van der Waals surface area contributed by atoms with Crippen molar-refractivity contribution in [1.82, 2.24) is 9.55 Å². The van der Waals surface area contributed by atoms with E-state index in [1.165, 1.54) is 94.0 Å². The number of rotatable bonds is 4. The third kappa shape index (κ3) is 5.71. The molecule has 68 heavy (non-hydrogen) atoms. The van der Waals surface area contributed by atoms with E-state index < -0.39 is 0 Å². The van der Waals surface area contributed by atoms with Crippen LogP contribution in [0.2, 0.25) is 0 Å². The third-order valence-corrected chi connectivity index (χ3v) is 15.7. The van der Waals surface area contributed by atoms with Gasteiger partial charge in [-0.05, 0) is 132 Å². The Morgan fingerprint density at radius 2 is 1.25 bits per heavy atom. The van der Waals surface area contributed by atoms with Crippen LogP contribution in [0, 0.1) is 0 Å². The predicted octanol–water partition coefficient (Wildman–Crippen LogP) is 15.2. The summed E-state index contributed by atoms with van der Waals surface area (Å²) < 4.78 is 9.19. The Labute approximate surface area is 400 Å². The average molecular weight is 881 g/mol. The number of anilines is 2. The number of aromatic nitrogens is 2. The standard InChI is InChI=1S/C63H55BN3O/c1-60(2,3)36-24-27-38(28-25-36)65-48-32-41-39-20-14-16-22-44(39)62(7,8)46(41)31-42(48)55-56-53(40-21-15-17-23-45(40)63(56,9)10)54-43-30-37(61(4,5)6)26-29-50(43)67-51-34-52-49(33-47(51)64-57(55)58(54)67)66-59(68-52)35-18-12-11-13-19-35/h11-34,65H,1-10H3. The fraction of sp³-hybridized carbons (Fsp3) is 0.222. The summed E-state index contributed by atoms with van der Waals surface area (Å²) in [6.45, 7) is 23.5. The molecule has 4 nitrogen and oxygen atoms in total. The van der Waals surface area contributed by atoms with E-state index in [0.717, 1.165) is 39.2 Å². The average Bonchev–Trinajstić information content (AvgIpc) is 4.02. The fourth-order valence-corrected chi connectivity index (χ4v) is 12.1. The molecular weight excluding hydrogens is 826 g/mol. The molecule has 0 fully saturated rings. The molecule has 0 saturated carbocycles. The zero-order valence-corrected chi connectivity index (χ0v) is 40.7. The summed E-state index contributed by atoms with van der Waals surface area (Å²) in [5.74, 6) is 0.629. The maximum absolute atomic E-state index is 6.64. The molecule has 1 aliphatic heterocycles. The summed E-state index contributed by atoms with van der Waals surface area (Å²) in [4.78, 5) is 5.12. The summed E-state index contributed by atoms with van der Waals surface area (Å²) in [6.07, 6.45) is 0. The highest BCUT2D eigenvalue weighted by atomic mass is 16.3. The molecule has 0 unspecified atom stereocenters. The number of hydrogen-bond acceptors (Lipinski definition) is 3. The van der Waals surface area contributed by atoms with E-state index in [2.05, 4.69) is 214 Å². The van der Waals surface area contributed by atoms with Crippen molar-refractivity contribution >= 4 is 62.5 Å². The fourth-order valence-electron chi connectivity index (χ4n) is 12.1. The number of hydrogen-bond donors (Lipinski definition) is 1. The molecule has 0 bridgehead atoms. The molecule has 0 atom stereocenters. The Balaban J connectivity index is 1.18.